The minimum atomic E-state index is -0.639. The number of carbonyl (C=O) groups is 3. The summed E-state index contributed by atoms with van der Waals surface area (Å²) < 4.78 is 0. The summed E-state index contributed by atoms with van der Waals surface area (Å²) in [7, 11) is 0. The number of hydrogen-bond donors (Lipinski definition) is 3. The first-order chi connectivity index (χ1) is 10.0. The van der Waals surface area contributed by atoms with E-state index in [4.69, 9.17) is 0 Å². The summed E-state index contributed by atoms with van der Waals surface area (Å²) in [5, 5.41) is 0. The minimum absolute atomic E-state index is 0. The molecule has 0 aliphatic heterocycles. The molecule has 3 amide bonds. The zero-order valence-corrected chi connectivity index (χ0v) is 14.8. The van der Waals surface area contributed by atoms with Crippen LogP contribution in [0.25, 0.3) is 0 Å². The predicted octanol–water partition coefficient (Wildman–Crippen LogP) is -1.96. The summed E-state index contributed by atoms with van der Waals surface area (Å²) in [5.74, 6) is -1.51. The second kappa shape index (κ2) is 9.81. The number of nitrogens with zero attached hydrogens (tertiary/aromatic N) is 1. The Balaban J connectivity index is 0. The maximum Gasteiger partial charge on any atom is 0.295 e. The lowest BCUT2D eigenvalue weighted by atomic mass is 10.3. The predicted molar refractivity (Wildman–Crippen MR) is 84.3 cm³/mol. The van der Waals surface area contributed by atoms with Crippen LogP contribution in [-0.4, -0.2) is 29.1 Å². The van der Waals surface area contributed by atoms with Gasteiger partial charge in [0.25, 0.3) is 17.7 Å². The second-order valence-corrected chi connectivity index (χ2v) is 5.20. The summed E-state index contributed by atoms with van der Waals surface area (Å²) >= 11 is 0. The Morgan fingerprint density at radius 3 is 1.22 bits per heavy atom. The molecule has 7 nitrogen and oxygen atoms in total. The highest BCUT2D eigenvalue weighted by atomic mass is 35.5. The van der Waals surface area contributed by atoms with Gasteiger partial charge in [0.15, 0.2) is 6.54 Å². The van der Waals surface area contributed by atoms with Gasteiger partial charge in [0, 0.05) is 23.1 Å². The molecule has 0 fully saturated rings. The molecule has 0 atom stereocenters. The lowest BCUT2D eigenvalue weighted by molar-refractivity contribution is -1.02. The van der Waals surface area contributed by atoms with Crippen molar-refractivity contribution in [3.63, 3.8) is 0 Å². The first kappa shape index (κ1) is 23.2. The van der Waals surface area contributed by atoms with Gasteiger partial charge in [0.1, 0.15) is 0 Å². The SMILES string of the molecule is C=C(C)C(=O)N[N+](CCC)(NC(=O)C(=C)C)NC(=O)C(=C)C.[Cl-]. The third-order valence-corrected chi connectivity index (χ3v) is 2.60. The van der Waals surface area contributed by atoms with E-state index in [1.54, 1.807) is 0 Å². The van der Waals surface area contributed by atoms with E-state index in [1.165, 1.54) is 20.8 Å². The highest BCUT2D eigenvalue weighted by Crippen LogP contribution is 2.02. The Kier molecular flexibility index (Phi) is 9.87. The standard InChI is InChI=1S/C15H24N4O3.ClH/c1-8-9-19(16-13(20)10(2)3,17-14(21)11(4)5)18-15(22)12(6)7;/h2,4,6,8-9H2,1,3,5,7H3,(H2-,16,17,18,20,21,22);1H. The van der Waals surface area contributed by atoms with Crippen molar-refractivity contribution in [2.75, 3.05) is 6.54 Å². The monoisotopic (exact) mass is 344 g/mol. The van der Waals surface area contributed by atoms with Gasteiger partial charge in [-0.05, 0) is 25.6 Å². The van der Waals surface area contributed by atoms with Crippen molar-refractivity contribution in [1.29, 1.82) is 0 Å². The van der Waals surface area contributed by atoms with Gasteiger partial charge in [0.2, 0.25) is 0 Å². The summed E-state index contributed by atoms with van der Waals surface area (Å²) in [5.41, 5.74) is 8.40. The largest absolute Gasteiger partial charge is 1.00 e. The normalized spacial score (nSPS) is 9.91. The molecule has 8 heteroatoms. The summed E-state index contributed by atoms with van der Waals surface area (Å²) in [4.78, 5) is 35.2. The number of nitrogens with one attached hydrogen (secondary N) is 3. The summed E-state index contributed by atoms with van der Waals surface area (Å²) in [6.45, 7) is 17.3. The number of hydrogen-bond acceptors (Lipinski definition) is 3. The van der Waals surface area contributed by atoms with Gasteiger partial charge in [0.05, 0.1) is 0 Å². The fourth-order valence-corrected chi connectivity index (χ4v) is 1.39. The van der Waals surface area contributed by atoms with E-state index in [-0.39, 0.29) is 35.7 Å². The highest BCUT2D eigenvalue weighted by molar-refractivity contribution is 5.94. The lowest BCUT2D eigenvalue weighted by Gasteiger charge is -2.35. The zero-order valence-electron chi connectivity index (χ0n) is 14.1. The molecule has 0 saturated carbocycles. The quantitative estimate of drug-likeness (QED) is 0.271. The maximum absolute atomic E-state index is 12.0. The Labute approximate surface area is 143 Å². The van der Waals surface area contributed by atoms with Gasteiger partial charge in [-0.25, -0.2) is 0 Å². The Hall–Kier alpha value is -2.12. The maximum atomic E-state index is 12.0. The van der Waals surface area contributed by atoms with Gasteiger partial charge in [-0.15, -0.1) is 16.3 Å². The van der Waals surface area contributed by atoms with Crippen LogP contribution >= 0.6 is 0 Å². The van der Waals surface area contributed by atoms with Gasteiger partial charge in [-0.3, -0.25) is 14.4 Å². The van der Waals surface area contributed by atoms with Crippen molar-refractivity contribution in [3.8, 4) is 0 Å². The Bertz CT molecular complexity index is 459. The van der Waals surface area contributed by atoms with Crippen LogP contribution in [0.15, 0.2) is 36.5 Å². The van der Waals surface area contributed by atoms with E-state index in [1.807, 2.05) is 6.92 Å². The third-order valence-electron chi connectivity index (χ3n) is 2.60. The van der Waals surface area contributed by atoms with E-state index < -0.39 is 22.5 Å². The van der Waals surface area contributed by atoms with Gasteiger partial charge in [-0.2, -0.15) is 0 Å². The average Bonchev–Trinajstić information content (AvgIpc) is 2.38. The molecule has 0 aromatic heterocycles. The van der Waals surface area contributed by atoms with E-state index in [0.29, 0.717) is 6.42 Å². The molecular weight excluding hydrogens is 320 g/mol. The number of halogens is 1. The van der Waals surface area contributed by atoms with Crippen molar-refractivity contribution in [2.24, 2.45) is 0 Å². The van der Waals surface area contributed by atoms with Crippen molar-refractivity contribution in [3.05, 3.63) is 36.5 Å². The molecule has 3 N–H and O–H groups in total. The first-order valence-electron chi connectivity index (χ1n) is 6.87. The molecule has 0 heterocycles. The van der Waals surface area contributed by atoms with Crippen LogP contribution in [0.1, 0.15) is 34.1 Å². The van der Waals surface area contributed by atoms with E-state index in [2.05, 4.69) is 36.0 Å². The first-order valence-corrected chi connectivity index (χ1v) is 6.87. The van der Waals surface area contributed by atoms with Crippen molar-refractivity contribution in [1.82, 2.24) is 16.3 Å². The van der Waals surface area contributed by atoms with Crippen molar-refractivity contribution >= 4 is 17.7 Å². The van der Waals surface area contributed by atoms with Crippen LogP contribution in [0.3, 0.4) is 0 Å². The van der Waals surface area contributed by atoms with Crippen LogP contribution in [0.4, 0.5) is 0 Å². The number of quaternary nitrogens is 1. The number of rotatable bonds is 8. The van der Waals surface area contributed by atoms with E-state index in [0.717, 1.165) is 0 Å². The molecule has 0 unspecified atom stereocenters. The molecule has 0 aliphatic carbocycles. The fourth-order valence-electron chi connectivity index (χ4n) is 1.39. The zero-order chi connectivity index (χ0) is 17.5. The Morgan fingerprint density at radius 2 is 1.04 bits per heavy atom. The molecule has 130 valence electrons. The highest BCUT2D eigenvalue weighted by Gasteiger charge is 2.35. The van der Waals surface area contributed by atoms with Crippen LogP contribution < -0.4 is 28.7 Å². The van der Waals surface area contributed by atoms with Crippen LogP contribution in [0.5, 0.6) is 0 Å². The van der Waals surface area contributed by atoms with Crippen LogP contribution in [0, 0.1) is 0 Å². The summed E-state index contributed by atoms with van der Waals surface area (Å²) in [6, 6.07) is 0. The van der Waals surface area contributed by atoms with Gasteiger partial charge >= 0.3 is 0 Å². The Morgan fingerprint density at radius 1 is 0.783 bits per heavy atom. The van der Waals surface area contributed by atoms with Crippen molar-refractivity contribution in [2.45, 2.75) is 34.1 Å². The smallest absolute Gasteiger partial charge is 0.295 e. The number of carbonyl (C=O) groups excluding carboxylic acids is 3. The second-order valence-electron chi connectivity index (χ2n) is 5.20. The minimum Gasteiger partial charge on any atom is -1.00 e. The molecule has 0 saturated heterocycles. The summed E-state index contributed by atoms with van der Waals surface area (Å²) in [6.07, 6.45) is 0.573. The fraction of sp³-hybridized carbons (Fsp3) is 0.400. The third kappa shape index (κ3) is 7.62. The van der Waals surface area contributed by atoms with Gasteiger partial charge < -0.3 is 12.4 Å². The molecule has 0 radical (unpaired) electrons. The van der Waals surface area contributed by atoms with E-state index in [9.17, 15) is 14.4 Å². The molecule has 0 rings (SSSR count). The van der Waals surface area contributed by atoms with E-state index >= 15 is 0 Å². The average molecular weight is 345 g/mol. The number of amides is 3. The molecule has 0 aromatic rings. The van der Waals surface area contributed by atoms with Crippen LogP contribution in [-0.2, 0) is 14.4 Å². The van der Waals surface area contributed by atoms with Crippen LogP contribution in [0.2, 0.25) is 0 Å². The molecular formula is C15H25ClN4O3. The van der Waals surface area contributed by atoms with Gasteiger partial charge in [-0.1, -0.05) is 26.7 Å². The lowest BCUT2D eigenvalue weighted by Crippen LogP contribution is -3.00. The molecule has 0 aromatic carbocycles. The van der Waals surface area contributed by atoms with Crippen molar-refractivity contribution < 1.29 is 31.6 Å². The molecule has 0 spiro atoms. The molecule has 0 bridgehead atoms. The molecule has 23 heavy (non-hydrogen) atoms. The topological polar surface area (TPSA) is 87.3 Å². The molecule has 0 aliphatic rings.